The number of halogens is 1. The minimum absolute atomic E-state index is 0.0368. The Morgan fingerprint density at radius 3 is 3.06 bits per heavy atom. The second kappa shape index (κ2) is 4.18. The molecule has 1 aromatic rings. The largest absolute Gasteiger partial charge is 0.486 e. The quantitative estimate of drug-likeness (QED) is 0.796. The molecule has 2 heterocycles. The molecule has 3 unspecified atom stereocenters. The topological polar surface area (TPSA) is 35.2 Å². The molecule has 0 amide bonds. The van der Waals surface area contributed by atoms with Crippen LogP contribution in [0, 0.1) is 0 Å². The van der Waals surface area contributed by atoms with Crippen LogP contribution in [-0.4, -0.2) is 16.6 Å². The van der Waals surface area contributed by atoms with Crippen molar-refractivity contribution in [3.05, 3.63) is 28.2 Å². The predicted molar refractivity (Wildman–Crippen MR) is 75.6 cm³/mol. The van der Waals surface area contributed by atoms with Gasteiger partial charge in [-0.1, -0.05) is 15.9 Å². The number of hydrogen-bond acceptors (Lipinski definition) is 3. The van der Waals surface area contributed by atoms with Gasteiger partial charge in [-0.2, -0.15) is 11.8 Å². The van der Waals surface area contributed by atoms with Crippen molar-refractivity contribution in [2.24, 2.45) is 5.73 Å². The van der Waals surface area contributed by atoms with E-state index in [1.165, 1.54) is 5.75 Å². The second-order valence-corrected chi connectivity index (χ2v) is 7.29. The van der Waals surface area contributed by atoms with E-state index in [0.29, 0.717) is 5.25 Å². The molecule has 2 N–H and O–H groups in total. The fourth-order valence-electron chi connectivity index (χ4n) is 2.81. The van der Waals surface area contributed by atoms with Crippen molar-refractivity contribution < 1.29 is 4.74 Å². The summed E-state index contributed by atoms with van der Waals surface area (Å²) in [5.74, 6) is 2.15. The van der Waals surface area contributed by atoms with E-state index in [4.69, 9.17) is 10.5 Å². The molecule has 0 bridgehead atoms. The lowest BCUT2D eigenvalue weighted by molar-refractivity contribution is 0.0410. The minimum Gasteiger partial charge on any atom is -0.486 e. The first-order valence-electron chi connectivity index (χ1n) is 5.96. The third kappa shape index (κ3) is 1.90. The zero-order chi connectivity index (χ0) is 12.0. The fraction of sp³-hybridized carbons (Fsp3) is 0.538. The van der Waals surface area contributed by atoms with Crippen LogP contribution in [0.2, 0.25) is 0 Å². The number of hydrogen-bond donors (Lipinski definition) is 1. The first kappa shape index (κ1) is 11.9. The Balaban J connectivity index is 2.01. The molecule has 3 rings (SSSR count). The molecule has 3 atom stereocenters. The van der Waals surface area contributed by atoms with E-state index in [9.17, 15) is 0 Å². The first-order chi connectivity index (χ1) is 8.11. The summed E-state index contributed by atoms with van der Waals surface area (Å²) in [4.78, 5) is 0. The van der Waals surface area contributed by atoms with Gasteiger partial charge in [0.15, 0.2) is 0 Å². The highest BCUT2D eigenvalue weighted by Crippen LogP contribution is 2.49. The van der Waals surface area contributed by atoms with Crippen LogP contribution in [-0.2, 0) is 0 Å². The summed E-state index contributed by atoms with van der Waals surface area (Å²) >= 11 is 5.48. The average molecular weight is 314 g/mol. The van der Waals surface area contributed by atoms with Crippen molar-refractivity contribution in [2.75, 3.05) is 5.75 Å². The van der Waals surface area contributed by atoms with Crippen molar-refractivity contribution in [3.63, 3.8) is 0 Å². The van der Waals surface area contributed by atoms with Crippen molar-refractivity contribution in [1.29, 1.82) is 0 Å². The molecule has 1 fully saturated rings. The lowest BCUT2D eigenvalue weighted by Gasteiger charge is -2.41. The van der Waals surface area contributed by atoms with E-state index >= 15 is 0 Å². The molecule has 0 radical (unpaired) electrons. The van der Waals surface area contributed by atoms with Crippen LogP contribution >= 0.6 is 27.7 Å². The lowest BCUT2D eigenvalue weighted by atomic mass is 9.84. The molecule has 1 spiro atoms. The molecule has 2 nitrogen and oxygen atoms in total. The van der Waals surface area contributed by atoms with Gasteiger partial charge in [-0.05, 0) is 37.3 Å². The monoisotopic (exact) mass is 313 g/mol. The minimum atomic E-state index is -0.0368. The lowest BCUT2D eigenvalue weighted by Crippen LogP contribution is -2.47. The van der Waals surface area contributed by atoms with Gasteiger partial charge < -0.3 is 10.5 Å². The van der Waals surface area contributed by atoms with Crippen molar-refractivity contribution in [1.82, 2.24) is 0 Å². The molecule has 17 heavy (non-hydrogen) atoms. The van der Waals surface area contributed by atoms with Gasteiger partial charge in [0.2, 0.25) is 0 Å². The van der Waals surface area contributed by atoms with Crippen LogP contribution in [0.4, 0.5) is 0 Å². The van der Waals surface area contributed by atoms with E-state index in [0.717, 1.165) is 28.6 Å². The Hall–Kier alpha value is -0.190. The number of benzene rings is 1. The Morgan fingerprint density at radius 1 is 1.53 bits per heavy atom. The summed E-state index contributed by atoms with van der Waals surface area (Å²) in [6.45, 7) is 2.26. The number of nitrogens with two attached hydrogens (primary N) is 1. The number of rotatable bonds is 0. The van der Waals surface area contributed by atoms with Gasteiger partial charge in [0.05, 0.1) is 0 Å². The summed E-state index contributed by atoms with van der Waals surface area (Å²) in [7, 11) is 0. The van der Waals surface area contributed by atoms with E-state index in [1.54, 1.807) is 0 Å². The van der Waals surface area contributed by atoms with Gasteiger partial charge in [0, 0.05) is 27.7 Å². The van der Waals surface area contributed by atoms with E-state index in [-0.39, 0.29) is 11.6 Å². The molecule has 0 saturated carbocycles. The van der Waals surface area contributed by atoms with Crippen LogP contribution in [0.25, 0.3) is 0 Å². The zero-order valence-corrected chi connectivity index (χ0v) is 12.2. The molecule has 1 aromatic carbocycles. The highest BCUT2D eigenvalue weighted by molar-refractivity contribution is 9.10. The molecule has 92 valence electrons. The Morgan fingerprint density at radius 2 is 2.35 bits per heavy atom. The van der Waals surface area contributed by atoms with Gasteiger partial charge in [0.25, 0.3) is 0 Å². The van der Waals surface area contributed by atoms with Gasteiger partial charge in [-0.25, -0.2) is 0 Å². The fourth-order valence-corrected chi connectivity index (χ4v) is 4.57. The van der Waals surface area contributed by atoms with E-state index in [2.05, 4.69) is 28.9 Å². The summed E-state index contributed by atoms with van der Waals surface area (Å²) in [6.07, 6.45) is 2.05. The molecule has 0 aliphatic carbocycles. The highest BCUT2D eigenvalue weighted by atomic mass is 79.9. The standard InChI is InChI=1S/C13H16BrNOS/c1-8-13(4-5-17-8)7-11(15)10-6-9(14)2-3-12(10)16-13/h2-3,6,8,11H,4-5,7,15H2,1H3. The third-order valence-corrected chi connectivity index (χ3v) is 5.75. The van der Waals surface area contributed by atoms with Gasteiger partial charge in [-0.3, -0.25) is 0 Å². The number of fused-ring (bicyclic) bond motifs is 1. The SMILES string of the molecule is CC1SCCC12CC(N)c1cc(Br)ccc1O2. The van der Waals surface area contributed by atoms with Gasteiger partial charge >= 0.3 is 0 Å². The van der Waals surface area contributed by atoms with Crippen molar-refractivity contribution in [3.8, 4) is 5.75 Å². The van der Waals surface area contributed by atoms with Crippen LogP contribution in [0.3, 0.4) is 0 Å². The van der Waals surface area contributed by atoms with Gasteiger partial charge in [0.1, 0.15) is 11.4 Å². The zero-order valence-electron chi connectivity index (χ0n) is 9.78. The van der Waals surface area contributed by atoms with Crippen molar-refractivity contribution in [2.45, 2.75) is 36.7 Å². The molecular formula is C13H16BrNOS. The molecule has 0 aromatic heterocycles. The highest BCUT2D eigenvalue weighted by Gasteiger charge is 2.47. The predicted octanol–water partition coefficient (Wildman–Crippen LogP) is 3.50. The molecule has 1 saturated heterocycles. The van der Waals surface area contributed by atoms with E-state index < -0.39 is 0 Å². The van der Waals surface area contributed by atoms with E-state index in [1.807, 2.05) is 23.9 Å². The number of thioether (sulfide) groups is 1. The van der Waals surface area contributed by atoms with Crippen molar-refractivity contribution >= 4 is 27.7 Å². The average Bonchev–Trinajstić information content (AvgIpc) is 2.62. The number of ether oxygens (including phenoxy) is 1. The Labute approximate surface area is 114 Å². The maximum absolute atomic E-state index is 6.32. The van der Waals surface area contributed by atoms with Gasteiger partial charge in [-0.15, -0.1) is 0 Å². The smallest absolute Gasteiger partial charge is 0.125 e. The maximum Gasteiger partial charge on any atom is 0.125 e. The summed E-state index contributed by atoms with van der Waals surface area (Å²) in [5.41, 5.74) is 7.42. The Bertz CT molecular complexity index is 453. The first-order valence-corrected chi connectivity index (χ1v) is 7.80. The molecular weight excluding hydrogens is 298 g/mol. The Kier molecular flexibility index (Phi) is 2.92. The summed E-state index contributed by atoms with van der Waals surface area (Å²) < 4.78 is 7.37. The van der Waals surface area contributed by atoms with Crippen LogP contribution in [0.15, 0.2) is 22.7 Å². The molecule has 4 heteroatoms. The van der Waals surface area contributed by atoms with Crippen LogP contribution in [0.1, 0.15) is 31.4 Å². The summed E-state index contributed by atoms with van der Waals surface area (Å²) in [6, 6.07) is 6.24. The van der Waals surface area contributed by atoms with Crippen LogP contribution < -0.4 is 10.5 Å². The summed E-state index contributed by atoms with van der Waals surface area (Å²) in [5, 5.41) is 0.533. The van der Waals surface area contributed by atoms with Crippen LogP contribution in [0.5, 0.6) is 5.75 Å². The molecule has 2 aliphatic heterocycles. The molecule has 2 aliphatic rings. The maximum atomic E-state index is 6.32. The second-order valence-electron chi connectivity index (χ2n) is 4.92. The normalized spacial score (nSPS) is 35.7. The third-order valence-electron chi connectivity index (χ3n) is 3.88.